The average molecular weight is 360 g/mol. The van der Waals surface area contributed by atoms with E-state index in [4.69, 9.17) is 0 Å². The molecule has 0 aliphatic carbocycles. The molecule has 1 N–H and O–H groups in total. The molecule has 5 nitrogen and oxygen atoms in total. The highest BCUT2D eigenvalue weighted by atomic mass is 19.4. The lowest BCUT2D eigenvalue weighted by Gasteiger charge is -2.13. The SMILES string of the molecule is Cc1ccc(-n2ncc(C(=O)Nc3cc(C)ccn3)c2C(F)(F)F)cc1. The van der Waals surface area contributed by atoms with Crippen LogP contribution in [-0.4, -0.2) is 20.7 Å². The fraction of sp³-hybridized carbons (Fsp3) is 0.167. The Balaban J connectivity index is 2.02. The molecule has 0 bridgehead atoms. The quantitative estimate of drug-likeness (QED) is 0.763. The summed E-state index contributed by atoms with van der Waals surface area (Å²) in [6, 6.07) is 9.66. The molecule has 0 atom stereocenters. The number of amides is 1. The molecular weight excluding hydrogens is 345 g/mol. The van der Waals surface area contributed by atoms with E-state index in [1.807, 2.05) is 6.92 Å². The molecule has 8 heteroatoms. The second kappa shape index (κ2) is 6.62. The van der Waals surface area contributed by atoms with Crippen LogP contribution in [-0.2, 0) is 6.18 Å². The van der Waals surface area contributed by atoms with Gasteiger partial charge in [0, 0.05) is 6.20 Å². The summed E-state index contributed by atoms with van der Waals surface area (Å²) in [5.41, 5.74) is 0.239. The van der Waals surface area contributed by atoms with Crippen LogP contribution < -0.4 is 5.32 Å². The number of carbonyl (C=O) groups excluding carboxylic acids is 1. The first kappa shape index (κ1) is 17.7. The van der Waals surface area contributed by atoms with Gasteiger partial charge in [0.05, 0.1) is 17.4 Å². The molecule has 0 aliphatic rings. The second-order valence-corrected chi connectivity index (χ2v) is 5.82. The Labute approximate surface area is 147 Å². The van der Waals surface area contributed by atoms with Crippen molar-refractivity contribution in [3.8, 4) is 5.69 Å². The maximum Gasteiger partial charge on any atom is 0.434 e. The first-order valence-electron chi connectivity index (χ1n) is 7.72. The number of hydrogen-bond acceptors (Lipinski definition) is 3. The Morgan fingerprint density at radius 3 is 2.38 bits per heavy atom. The lowest BCUT2D eigenvalue weighted by Crippen LogP contribution is -2.21. The first-order valence-corrected chi connectivity index (χ1v) is 7.72. The molecule has 3 aromatic rings. The molecule has 2 aromatic heterocycles. The van der Waals surface area contributed by atoms with E-state index in [2.05, 4.69) is 15.4 Å². The predicted molar refractivity (Wildman–Crippen MR) is 90.2 cm³/mol. The summed E-state index contributed by atoms with van der Waals surface area (Å²) in [7, 11) is 0. The molecule has 1 amide bonds. The number of halogens is 3. The van der Waals surface area contributed by atoms with Crippen LogP contribution in [0.25, 0.3) is 5.69 Å². The maximum absolute atomic E-state index is 13.6. The molecule has 2 heterocycles. The van der Waals surface area contributed by atoms with Crippen LogP contribution in [0.15, 0.2) is 48.8 Å². The van der Waals surface area contributed by atoms with Gasteiger partial charge in [0.1, 0.15) is 5.82 Å². The van der Waals surface area contributed by atoms with Crippen LogP contribution in [0.1, 0.15) is 27.2 Å². The van der Waals surface area contributed by atoms with Gasteiger partial charge in [-0.3, -0.25) is 4.79 Å². The van der Waals surface area contributed by atoms with Gasteiger partial charge in [-0.15, -0.1) is 0 Å². The van der Waals surface area contributed by atoms with Gasteiger partial charge in [0.2, 0.25) is 0 Å². The van der Waals surface area contributed by atoms with Crippen molar-refractivity contribution in [2.45, 2.75) is 20.0 Å². The summed E-state index contributed by atoms with van der Waals surface area (Å²) in [6.45, 7) is 3.61. The molecule has 3 rings (SSSR count). The van der Waals surface area contributed by atoms with Crippen molar-refractivity contribution in [1.29, 1.82) is 0 Å². The van der Waals surface area contributed by atoms with Gasteiger partial charge in [-0.2, -0.15) is 18.3 Å². The van der Waals surface area contributed by atoms with Crippen LogP contribution in [0.4, 0.5) is 19.0 Å². The average Bonchev–Trinajstić information content (AvgIpc) is 3.01. The number of pyridine rings is 1. The number of anilines is 1. The molecule has 0 radical (unpaired) electrons. The molecular formula is C18H15F3N4O. The number of carbonyl (C=O) groups is 1. The standard InChI is InChI=1S/C18H15F3N4O/c1-11-3-5-13(6-4-11)25-16(18(19,20)21)14(10-23-25)17(26)24-15-9-12(2)7-8-22-15/h3-10H,1-2H3,(H,22,24,26). The number of rotatable bonds is 3. The Morgan fingerprint density at radius 1 is 1.08 bits per heavy atom. The minimum absolute atomic E-state index is 0.172. The Hall–Kier alpha value is -3.16. The molecule has 0 aliphatic heterocycles. The topological polar surface area (TPSA) is 59.8 Å². The minimum atomic E-state index is -4.76. The van der Waals surface area contributed by atoms with Crippen LogP contribution >= 0.6 is 0 Å². The zero-order valence-corrected chi connectivity index (χ0v) is 14.0. The number of alkyl halides is 3. The van der Waals surface area contributed by atoms with Crippen molar-refractivity contribution in [2.75, 3.05) is 5.32 Å². The molecule has 1 aromatic carbocycles. The summed E-state index contributed by atoms with van der Waals surface area (Å²) >= 11 is 0. The summed E-state index contributed by atoms with van der Waals surface area (Å²) in [6.07, 6.45) is -2.38. The van der Waals surface area contributed by atoms with Gasteiger partial charge >= 0.3 is 6.18 Å². The molecule has 0 fully saturated rings. The van der Waals surface area contributed by atoms with Crippen molar-refractivity contribution in [2.24, 2.45) is 0 Å². The smallest absolute Gasteiger partial charge is 0.306 e. The lowest BCUT2D eigenvalue weighted by molar-refractivity contribution is -0.143. The second-order valence-electron chi connectivity index (χ2n) is 5.82. The summed E-state index contributed by atoms with van der Waals surface area (Å²) in [4.78, 5) is 16.3. The van der Waals surface area contributed by atoms with E-state index in [0.29, 0.717) is 0 Å². The van der Waals surface area contributed by atoms with Gasteiger partial charge in [0.15, 0.2) is 5.69 Å². The van der Waals surface area contributed by atoms with Gasteiger partial charge < -0.3 is 5.32 Å². The van der Waals surface area contributed by atoms with E-state index in [9.17, 15) is 18.0 Å². The number of aromatic nitrogens is 3. The fourth-order valence-electron chi connectivity index (χ4n) is 2.46. The van der Waals surface area contributed by atoms with Gasteiger partial charge in [-0.25, -0.2) is 9.67 Å². The minimum Gasteiger partial charge on any atom is -0.306 e. The van der Waals surface area contributed by atoms with Gasteiger partial charge in [0.25, 0.3) is 5.91 Å². The van der Waals surface area contributed by atoms with Crippen LogP contribution in [0.3, 0.4) is 0 Å². The Kier molecular flexibility index (Phi) is 4.50. The monoisotopic (exact) mass is 360 g/mol. The van der Waals surface area contributed by atoms with Crippen LogP contribution in [0.5, 0.6) is 0 Å². The number of hydrogen-bond donors (Lipinski definition) is 1. The molecule has 0 unspecified atom stereocenters. The highest BCUT2D eigenvalue weighted by Crippen LogP contribution is 2.34. The number of nitrogens with zero attached hydrogens (tertiary/aromatic N) is 3. The highest BCUT2D eigenvalue weighted by Gasteiger charge is 2.40. The summed E-state index contributed by atoms with van der Waals surface area (Å²) in [5.74, 6) is -0.750. The predicted octanol–water partition coefficient (Wildman–Crippen LogP) is 4.16. The van der Waals surface area contributed by atoms with E-state index in [0.717, 1.165) is 22.0 Å². The lowest BCUT2D eigenvalue weighted by atomic mass is 10.2. The van der Waals surface area contributed by atoms with Gasteiger partial charge in [-0.1, -0.05) is 17.7 Å². The van der Waals surface area contributed by atoms with Crippen LogP contribution in [0, 0.1) is 13.8 Å². The third kappa shape index (κ3) is 3.58. The van der Waals surface area contributed by atoms with Crippen LogP contribution in [0.2, 0.25) is 0 Å². The van der Waals surface area contributed by atoms with Crippen molar-refractivity contribution in [3.05, 3.63) is 71.2 Å². The normalized spacial score (nSPS) is 11.4. The fourth-order valence-corrected chi connectivity index (χ4v) is 2.46. The Morgan fingerprint density at radius 2 is 1.77 bits per heavy atom. The number of aryl methyl sites for hydroxylation is 2. The summed E-state index contributed by atoms with van der Waals surface area (Å²) in [5, 5.41) is 6.16. The largest absolute Gasteiger partial charge is 0.434 e. The van der Waals surface area contributed by atoms with E-state index >= 15 is 0 Å². The van der Waals surface area contributed by atoms with Crippen molar-refractivity contribution in [1.82, 2.24) is 14.8 Å². The third-order valence-electron chi connectivity index (χ3n) is 3.72. The Bertz CT molecular complexity index is 946. The van der Waals surface area contributed by atoms with Crippen molar-refractivity contribution in [3.63, 3.8) is 0 Å². The number of nitrogens with one attached hydrogen (secondary N) is 1. The van der Waals surface area contributed by atoms with E-state index in [-0.39, 0.29) is 11.5 Å². The van der Waals surface area contributed by atoms with Gasteiger partial charge in [-0.05, 0) is 43.7 Å². The maximum atomic E-state index is 13.6. The molecule has 0 spiro atoms. The molecule has 26 heavy (non-hydrogen) atoms. The molecule has 0 saturated heterocycles. The molecule has 134 valence electrons. The third-order valence-corrected chi connectivity index (χ3v) is 3.72. The molecule has 0 saturated carbocycles. The van der Waals surface area contributed by atoms with Crippen molar-refractivity contribution >= 4 is 11.7 Å². The highest BCUT2D eigenvalue weighted by molar-refractivity contribution is 6.04. The van der Waals surface area contributed by atoms with E-state index in [1.165, 1.54) is 18.3 Å². The van der Waals surface area contributed by atoms with Crippen molar-refractivity contribution < 1.29 is 18.0 Å². The number of benzene rings is 1. The zero-order chi connectivity index (χ0) is 18.9. The van der Waals surface area contributed by atoms with E-state index in [1.54, 1.807) is 31.2 Å². The zero-order valence-electron chi connectivity index (χ0n) is 14.0. The summed E-state index contributed by atoms with van der Waals surface area (Å²) < 4.78 is 41.6. The van der Waals surface area contributed by atoms with E-state index < -0.39 is 23.3 Å². The first-order chi connectivity index (χ1) is 12.3.